The Kier molecular flexibility index (Phi) is 6.23. The second-order valence-electron chi connectivity index (χ2n) is 6.59. The van der Waals surface area contributed by atoms with Crippen molar-refractivity contribution in [3.8, 4) is 0 Å². The predicted octanol–water partition coefficient (Wildman–Crippen LogP) is 3.81. The minimum atomic E-state index is -1.57. The molecule has 2 atom stereocenters. The van der Waals surface area contributed by atoms with Gasteiger partial charge < -0.3 is 9.53 Å². The molecule has 0 bridgehead atoms. The van der Waals surface area contributed by atoms with Gasteiger partial charge in [-0.1, -0.05) is 27.7 Å². The molecule has 0 rings (SSSR count). The molecule has 2 nitrogen and oxygen atoms in total. The minimum Gasteiger partial charge on any atom is -0.417 e. The van der Waals surface area contributed by atoms with Gasteiger partial charge in [0, 0.05) is 6.61 Å². The molecule has 0 saturated heterocycles. The summed E-state index contributed by atoms with van der Waals surface area (Å²) in [5.74, 6) is 0.546. The molecule has 0 aromatic heterocycles. The van der Waals surface area contributed by atoms with E-state index in [0.717, 1.165) is 19.4 Å². The molecule has 0 saturated carbocycles. The van der Waals surface area contributed by atoms with Crippen LogP contribution < -0.4 is 0 Å². The second-order valence-corrected chi connectivity index (χ2v) is 11.4. The van der Waals surface area contributed by atoms with Crippen molar-refractivity contribution in [2.24, 2.45) is 5.92 Å². The first-order chi connectivity index (χ1) is 7.06. The smallest absolute Gasteiger partial charge is 0.191 e. The predicted molar refractivity (Wildman–Crippen MR) is 73.2 cm³/mol. The van der Waals surface area contributed by atoms with Crippen LogP contribution in [0.2, 0.25) is 18.1 Å². The monoisotopic (exact) mass is 246 g/mol. The molecule has 0 aromatic rings. The maximum absolute atomic E-state index is 9.28. The van der Waals surface area contributed by atoms with E-state index in [4.69, 9.17) is 4.43 Å². The summed E-state index contributed by atoms with van der Waals surface area (Å²) in [6, 6.07) is 0. The van der Waals surface area contributed by atoms with Gasteiger partial charge in [0.15, 0.2) is 8.32 Å². The molecule has 3 heteroatoms. The Morgan fingerprint density at radius 2 is 1.69 bits per heavy atom. The van der Waals surface area contributed by atoms with Gasteiger partial charge in [-0.05, 0) is 43.8 Å². The van der Waals surface area contributed by atoms with Crippen LogP contribution in [0.25, 0.3) is 0 Å². The lowest BCUT2D eigenvalue weighted by atomic mass is 10.0. The van der Waals surface area contributed by atoms with Crippen LogP contribution in [-0.2, 0) is 4.43 Å². The molecule has 1 N–H and O–H groups in total. The molecule has 0 aliphatic carbocycles. The van der Waals surface area contributed by atoms with E-state index in [2.05, 4.69) is 40.8 Å². The van der Waals surface area contributed by atoms with Crippen molar-refractivity contribution in [2.45, 2.75) is 71.7 Å². The lowest BCUT2D eigenvalue weighted by Crippen LogP contribution is -2.41. The molecule has 0 heterocycles. The van der Waals surface area contributed by atoms with Crippen LogP contribution in [-0.4, -0.2) is 26.1 Å². The number of aliphatic hydroxyl groups excluding tert-OH is 1. The van der Waals surface area contributed by atoms with E-state index < -0.39 is 8.32 Å². The van der Waals surface area contributed by atoms with Crippen molar-refractivity contribution in [2.75, 3.05) is 6.61 Å². The normalized spacial score (nSPS) is 17.2. The quantitative estimate of drug-likeness (QED) is 0.722. The zero-order valence-corrected chi connectivity index (χ0v) is 13.1. The van der Waals surface area contributed by atoms with Crippen molar-refractivity contribution in [1.82, 2.24) is 0 Å². The molecular weight excluding hydrogens is 216 g/mol. The van der Waals surface area contributed by atoms with Gasteiger partial charge in [0.05, 0.1) is 6.10 Å². The van der Waals surface area contributed by atoms with Gasteiger partial charge in [-0.15, -0.1) is 0 Å². The van der Waals surface area contributed by atoms with Gasteiger partial charge in [0.25, 0.3) is 0 Å². The zero-order valence-electron chi connectivity index (χ0n) is 12.1. The van der Waals surface area contributed by atoms with Crippen LogP contribution in [0.3, 0.4) is 0 Å². The number of rotatable bonds is 6. The van der Waals surface area contributed by atoms with E-state index in [1.54, 1.807) is 0 Å². The average molecular weight is 246 g/mol. The van der Waals surface area contributed by atoms with E-state index in [0.29, 0.717) is 11.0 Å². The molecule has 0 amide bonds. The van der Waals surface area contributed by atoms with Gasteiger partial charge in [-0.25, -0.2) is 0 Å². The highest BCUT2D eigenvalue weighted by Gasteiger charge is 2.36. The Labute approximate surface area is 103 Å². The Morgan fingerprint density at radius 1 is 1.19 bits per heavy atom. The van der Waals surface area contributed by atoms with Crippen LogP contribution in [0.1, 0.15) is 47.5 Å². The first kappa shape index (κ1) is 16.1. The average Bonchev–Trinajstić information content (AvgIpc) is 1.99. The van der Waals surface area contributed by atoms with Crippen molar-refractivity contribution < 1.29 is 9.53 Å². The highest BCUT2D eigenvalue weighted by Crippen LogP contribution is 2.36. The van der Waals surface area contributed by atoms with E-state index in [1.807, 2.05) is 6.92 Å². The third kappa shape index (κ3) is 6.02. The first-order valence-electron chi connectivity index (χ1n) is 6.38. The SMILES string of the molecule is C[C@@H](CCO[Si](C)(C)C(C)(C)C)C[C@H](C)O. The summed E-state index contributed by atoms with van der Waals surface area (Å²) in [4.78, 5) is 0. The summed E-state index contributed by atoms with van der Waals surface area (Å²) < 4.78 is 6.10. The molecule has 0 radical (unpaired) electrons. The highest BCUT2D eigenvalue weighted by atomic mass is 28.4. The van der Waals surface area contributed by atoms with Crippen molar-refractivity contribution in [3.63, 3.8) is 0 Å². The Balaban J connectivity index is 3.90. The van der Waals surface area contributed by atoms with Crippen molar-refractivity contribution >= 4 is 8.32 Å². The number of hydrogen-bond acceptors (Lipinski definition) is 2. The van der Waals surface area contributed by atoms with Crippen LogP contribution in [0.4, 0.5) is 0 Å². The van der Waals surface area contributed by atoms with Crippen molar-refractivity contribution in [1.29, 1.82) is 0 Å². The Morgan fingerprint density at radius 3 is 2.06 bits per heavy atom. The Bertz CT molecular complexity index is 195. The molecule has 16 heavy (non-hydrogen) atoms. The fourth-order valence-corrected chi connectivity index (χ4v) is 2.49. The van der Waals surface area contributed by atoms with Gasteiger partial charge in [0.2, 0.25) is 0 Å². The van der Waals surface area contributed by atoms with E-state index in [1.165, 1.54) is 0 Å². The molecule has 0 aliphatic heterocycles. The van der Waals surface area contributed by atoms with Gasteiger partial charge in [-0.3, -0.25) is 0 Å². The third-order valence-corrected chi connectivity index (χ3v) is 8.16. The molecule has 0 aromatic carbocycles. The molecular formula is C13H30O2Si. The third-order valence-electron chi connectivity index (χ3n) is 3.62. The van der Waals surface area contributed by atoms with Crippen LogP contribution >= 0.6 is 0 Å². The zero-order chi connectivity index (χ0) is 13.0. The largest absolute Gasteiger partial charge is 0.417 e. The lowest BCUT2D eigenvalue weighted by Gasteiger charge is -2.36. The molecule has 98 valence electrons. The maximum Gasteiger partial charge on any atom is 0.191 e. The molecule has 0 spiro atoms. The lowest BCUT2D eigenvalue weighted by molar-refractivity contribution is 0.153. The van der Waals surface area contributed by atoms with Gasteiger partial charge >= 0.3 is 0 Å². The van der Waals surface area contributed by atoms with Crippen LogP contribution in [0.15, 0.2) is 0 Å². The fraction of sp³-hybridized carbons (Fsp3) is 1.00. The molecule has 0 fully saturated rings. The summed E-state index contributed by atoms with van der Waals surface area (Å²) in [7, 11) is -1.57. The van der Waals surface area contributed by atoms with E-state index in [-0.39, 0.29) is 6.10 Å². The van der Waals surface area contributed by atoms with Gasteiger partial charge in [-0.2, -0.15) is 0 Å². The van der Waals surface area contributed by atoms with E-state index >= 15 is 0 Å². The maximum atomic E-state index is 9.28. The number of hydrogen-bond donors (Lipinski definition) is 1. The summed E-state index contributed by atoms with van der Waals surface area (Å²) in [6.07, 6.45) is 1.74. The standard InChI is InChI=1S/C13H30O2Si/c1-11(10-12(2)14)8-9-15-16(6,7)13(3,4)5/h11-12,14H,8-10H2,1-7H3/t11-,12-/m0/s1. The topological polar surface area (TPSA) is 29.5 Å². The van der Waals surface area contributed by atoms with Crippen LogP contribution in [0, 0.1) is 5.92 Å². The highest BCUT2D eigenvalue weighted by molar-refractivity contribution is 6.74. The first-order valence-corrected chi connectivity index (χ1v) is 9.29. The minimum absolute atomic E-state index is 0.192. The summed E-state index contributed by atoms with van der Waals surface area (Å²) in [5.41, 5.74) is 0. The van der Waals surface area contributed by atoms with Crippen LogP contribution in [0.5, 0.6) is 0 Å². The molecule has 0 aliphatic rings. The van der Waals surface area contributed by atoms with Crippen molar-refractivity contribution in [3.05, 3.63) is 0 Å². The Hall–Kier alpha value is 0.137. The summed E-state index contributed by atoms with van der Waals surface area (Å²) in [6.45, 7) is 16.2. The second kappa shape index (κ2) is 6.17. The number of aliphatic hydroxyl groups is 1. The summed E-state index contributed by atoms with van der Waals surface area (Å²) in [5, 5.41) is 9.57. The summed E-state index contributed by atoms with van der Waals surface area (Å²) >= 11 is 0. The van der Waals surface area contributed by atoms with Gasteiger partial charge in [0.1, 0.15) is 0 Å². The fourth-order valence-electron chi connectivity index (χ4n) is 1.43. The molecule has 0 unspecified atom stereocenters. The van der Waals surface area contributed by atoms with E-state index in [9.17, 15) is 5.11 Å².